The highest BCUT2D eigenvalue weighted by Crippen LogP contribution is 2.16. The van der Waals surface area contributed by atoms with Crippen LogP contribution in [0.2, 0.25) is 0 Å². The molecule has 138 valence electrons. The molecule has 2 rings (SSSR count). The lowest BCUT2D eigenvalue weighted by molar-refractivity contribution is 0.470. The number of nitrogens with one attached hydrogen (secondary N) is 1. The van der Waals surface area contributed by atoms with Gasteiger partial charge in [0.05, 0.1) is 6.54 Å². The van der Waals surface area contributed by atoms with E-state index < -0.39 is 0 Å². The van der Waals surface area contributed by atoms with Gasteiger partial charge in [0.25, 0.3) is 0 Å². The van der Waals surface area contributed by atoms with Gasteiger partial charge in [-0.3, -0.25) is 0 Å². The first-order chi connectivity index (χ1) is 12.4. The van der Waals surface area contributed by atoms with Gasteiger partial charge in [-0.1, -0.05) is 82.9 Å². The number of unbranched alkanes of at least 4 members (excludes halogenated alkanes) is 9. The van der Waals surface area contributed by atoms with Crippen LogP contribution in [-0.2, 0) is 6.54 Å². The van der Waals surface area contributed by atoms with Crippen LogP contribution < -0.4 is 5.32 Å². The standard InChI is InChI=1S/C21H33N3O/c1-2-3-4-5-6-7-8-9-10-14-17-22-18-20-23-24-21(25-20)19-15-12-11-13-16-19/h11-13,15-16,22H,2-10,14,17-18H2,1H3. The van der Waals surface area contributed by atoms with Crippen LogP contribution in [0.1, 0.15) is 77.0 Å². The molecule has 0 unspecified atom stereocenters. The minimum Gasteiger partial charge on any atom is -0.419 e. The summed E-state index contributed by atoms with van der Waals surface area (Å²) in [5.41, 5.74) is 0.968. The third-order valence-electron chi connectivity index (χ3n) is 4.47. The van der Waals surface area contributed by atoms with E-state index in [4.69, 9.17) is 4.42 Å². The Kier molecular flexibility index (Phi) is 9.94. The molecule has 0 aliphatic rings. The van der Waals surface area contributed by atoms with Crippen molar-refractivity contribution in [3.8, 4) is 11.5 Å². The second kappa shape index (κ2) is 12.6. The summed E-state index contributed by atoms with van der Waals surface area (Å²) in [5.74, 6) is 1.25. The van der Waals surface area contributed by atoms with E-state index in [1.807, 2.05) is 30.3 Å². The van der Waals surface area contributed by atoms with E-state index >= 15 is 0 Å². The van der Waals surface area contributed by atoms with E-state index in [0.29, 0.717) is 18.3 Å². The van der Waals surface area contributed by atoms with Crippen molar-refractivity contribution in [3.63, 3.8) is 0 Å². The number of hydrogen-bond donors (Lipinski definition) is 1. The van der Waals surface area contributed by atoms with Gasteiger partial charge in [0.1, 0.15) is 0 Å². The molecule has 0 radical (unpaired) electrons. The molecular formula is C21H33N3O. The molecule has 0 spiro atoms. The highest BCUT2D eigenvalue weighted by atomic mass is 16.4. The average molecular weight is 344 g/mol. The smallest absolute Gasteiger partial charge is 0.247 e. The van der Waals surface area contributed by atoms with Crippen molar-refractivity contribution in [3.05, 3.63) is 36.2 Å². The Hall–Kier alpha value is -1.68. The lowest BCUT2D eigenvalue weighted by atomic mass is 10.1. The van der Waals surface area contributed by atoms with Crippen LogP contribution in [-0.4, -0.2) is 16.7 Å². The Bertz CT molecular complexity index is 553. The van der Waals surface area contributed by atoms with E-state index in [0.717, 1.165) is 12.1 Å². The van der Waals surface area contributed by atoms with Gasteiger partial charge in [-0.15, -0.1) is 10.2 Å². The molecule has 1 N–H and O–H groups in total. The summed E-state index contributed by atoms with van der Waals surface area (Å²) in [5, 5.41) is 11.6. The highest BCUT2D eigenvalue weighted by molar-refractivity contribution is 5.51. The summed E-state index contributed by atoms with van der Waals surface area (Å²) >= 11 is 0. The zero-order chi connectivity index (χ0) is 17.6. The van der Waals surface area contributed by atoms with Gasteiger partial charge in [-0.25, -0.2) is 0 Å². The molecule has 0 bridgehead atoms. The predicted molar refractivity (Wildman–Crippen MR) is 103 cm³/mol. The largest absolute Gasteiger partial charge is 0.419 e. The summed E-state index contributed by atoms with van der Waals surface area (Å²) in [6.07, 6.45) is 13.7. The van der Waals surface area contributed by atoms with Gasteiger partial charge < -0.3 is 9.73 Å². The molecular weight excluding hydrogens is 310 g/mol. The van der Waals surface area contributed by atoms with Crippen LogP contribution in [0.25, 0.3) is 11.5 Å². The zero-order valence-corrected chi connectivity index (χ0v) is 15.7. The van der Waals surface area contributed by atoms with Gasteiger partial charge >= 0.3 is 0 Å². The molecule has 0 atom stereocenters. The Labute approximate surface area is 152 Å². The Morgan fingerprint density at radius 2 is 1.44 bits per heavy atom. The van der Waals surface area contributed by atoms with Crippen LogP contribution in [0.4, 0.5) is 0 Å². The molecule has 1 aromatic carbocycles. The number of nitrogens with zero attached hydrogens (tertiary/aromatic N) is 2. The van der Waals surface area contributed by atoms with Crippen molar-refractivity contribution in [2.24, 2.45) is 0 Å². The van der Waals surface area contributed by atoms with Crippen molar-refractivity contribution in [2.75, 3.05) is 6.54 Å². The number of hydrogen-bond acceptors (Lipinski definition) is 4. The van der Waals surface area contributed by atoms with Gasteiger partial charge in [0, 0.05) is 5.56 Å². The summed E-state index contributed by atoms with van der Waals surface area (Å²) in [4.78, 5) is 0. The maximum Gasteiger partial charge on any atom is 0.247 e. The van der Waals surface area contributed by atoms with E-state index in [-0.39, 0.29) is 0 Å². The Morgan fingerprint density at radius 1 is 0.800 bits per heavy atom. The SMILES string of the molecule is CCCCCCCCCCCCNCc1nnc(-c2ccccc2)o1. The first-order valence-electron chi connectivity index (χ1n) is 9.98. The summed E-state index contributed by atoms with van der Waals surface area (Å²) in [6.45, 7) is 3.94. The second-order valence-electron chi connectivity index (χ2n) is 6.73. The third kappa shape index (κ3) is 8.30. The van der Waals surface area contributed by atoms with Crippen LogP contribution in [0.15, 0.2) is 34.7 Å². The molecule has 0 aliphatic carbocycles. The minimum atomic E-state index is 0.594. The highest BCUT2D eigenvalue weighted by Gasteiger charge is 2.07. The molecule has 0 saturated carbocycles. The van der Waals surface area contributed by atoms with E-state index in [9.17, 15) is 0 Å². The Morgan fingerprint density at radius 3 is 2.12 bits per heavy atom. The van der Waals surface area contributed by atoms with Gasteiger partial charge in [-0.2, -0.15) is 0 Å². The maximum absolute atomic E-state index is 5.68. The number of aromatic nitrogens is 2. The monoisotopic (exact) mass is 343 g/mol. The minimum absolute atomic E-state index is 0.594. The van der Waals surface area contributed by atoms with Crippen LogP contribution in [0.5, 0.6) is 0 Å². The quantitative estimate of drug-likeness (QED) is 0.444. The molecule has 0 amide bonds. The molecule has 0 saturated heterocycles. The zero-order valence-electron chi connectivity index (χ0n) is 15.7. The normalized spacial score (nSPS) is 11.1. The molecule has 4 heteroatoms. The number of rotatable bonds is 14. The fourth-order valence-corrected chi connectivity index (χ4v) is 2.96. The third-order valence-corrected chi connectivity index (χ3v) is 4.47. The van der Waals surface area contributed by atoms with Crippen molar-refractivity contribution >= 4 is 0 Å². The van der Waals surface area contributed by atoms with E-state index in [2.05, 4.69) is 22.4 Å². The van der Waals surface area contributed by atoms with Gasteiger partial charge in [-0.05, 0) is 25.1 Å². The fourth-order valence-electron chi connectivity index (χ4n) is 2.96. The Balaban J connectivity index is 1.45. The second-order valence-corrected chi connectivity index (χ2v) is 6.73. The topological polar surface area (TPSA) is 51.0 Å². The molecule has 1 heterocycles. The van der Waals surface area contributed by atoms with Crippen LogP contribution in [0, 0.1) is 0 Å². The van der Waals surface area contributed by atoms with Gasteiger partial charge in [0.15, 0.2) is 0 Å². The summed E-state index contributed by atoms with van der Waals surface area (Å²) < 4.78 is 5.68. The molecule has 0 fully saturated rings. The first kappa shape index (κ1) is 19.6. The number of benzene rings is 1. The first-order valence-corrected chi connectivity index (χ1v) is 9.98. The van der Waals surface area contributed by atoms with Crippen molar-refractivity contribution < 1.29 is 4.42 Å². The molecule has 2 aromatic rings. The summed E-state index contributed by atoms with van der Waals surface area (Å²) in [7, 11) is 0. The van der Waals surface area contributed by atoms with Crippen LogP contribution in [0.3, 0.4) is 0 Å². The van der Waals surface area contributed by atoms with Gasteiger partial charge in [0.2, 0.25) is 11.8 Å². The van der Waals surface area contributed by atoms with Crippen LogP contribution >= 0.6 is 0 Å². The fraction of sp³-hybridized carbons (Fsp3) is 0.619. The lowest BCUT2D eigenvalue weighted by Gasteiger charge is -2.03. The lowest BCUT2D eigenvalue weighted by Crippen LogP contribution is -2.14. The molecule has 25 heavy (non-hydrogen) atoms. The van der Waals surface area contributed by atoms with E-state index in [1.165, 1.54) is 64.2 Å². The van der Waals surface area contributed by atoms with Crippen molar-refractivity contribution in [2.45, 2.75) is 77.7 Å². The molecule has 1 aromatic heterocycles. The molecule has 0 aliphatic heterocycles. The predicted octanol–water partition coefficient (Wildman–Crippen LogP) is 5.75. The average Bonchev–Trinajstić information content (AvgIpc) is 3.12. The summed E-state index contributed by atoms with van der Waals surface area (Å²) in [6, 6.07) is 9.89. The van der Waals surface area contributed by atoms with Crippen molar-refractivity contribution in [1.29, 1.82) is 0 Å². The maximum atomic E-state index is 5.68. The van der Waals surface area contributed by atoms with Crippen molar-refractivity contribution in [1.82, 2.24) is 15.5 Å². The molecule has 4 nitrogen and oxygen atoms in total. The van der Waals surface area contributed by atoms with E-state index in [1.54, 1.807) is 0 Å².